The highest BCUT2D eigenvalue weighted by Gasteiger charge is 2.16. The van der Waals surface area contributed by atoms with Crippen molar-refractivity contribution in [2.75, 3.05) is 6.54 Å². The van der Waals surface area contributed by atoms with E-state index >= 15 is 0 Å². The number of rotatable bonds is 9. The lowest BCUT2D eigenvalue weighted by Crippen LogP contribution is -2.31. The van der Waals surface area contributed by atoms with Crippen LogP contribution in [0, 0.1) is 0 Å². The van der Waals surface area contributed by atoms with Gasteiger partial charge < -0.3 is 5.32 Å². The predicted molar refractivity (Wildman–Crippen MR) is 148 cm³/mol. The predicted octanol–water partition coefficient (Wildman–Crippen LogP) is 7.77. The lowest BCUT2D eigenvalue weighted by atomic mass is 9.94. The van der Waals surface area contributed by atoms with Gasteiger partial charge in [-0.1, -0.05) is 84.9 Å². The smallest absolute Gasteiger partial charge is 0.233 e. The number of carbonyl (C=O) groups is 1. The van der Waals surface area contributed by atoms with Crippen molar-refractivity contribution in [1.29, 1.82) is 0 Å². The van der Waals surface area contributed by atoms with Gasteiger partial charge in [-0.2, -0.15) is 0 Å². The van der Waals surface area contributed by atoms with Crippen molar-refractivity contribution < 1.29 is 4.79 Å². The first-order chi connectivity index (χ1) is 16.7. The summed E-state index contributed by atoms with van der Waals surface area (Å²) < 4.78 is 0. The number of thioether (sulfide) groups is 1. The molecule has 0 saturated heterocycles. The van der Waals surface area contributed by atoms with E-state index in [2.05, 4.69) is 77.8 Å². The molecule has 172 valence electrons. The Hall–Kier alpha value is -3.26. The van der Waals surface area contributed by atoms with Crippen LogP contribution in [0.3, 0.4) is 0 Å². The second-order valence-electron chi connectivity index (χ2n) is 8.44. The third kappa shape index (κ3) is 5.80. The van der Waals surface area contributed by atoms with Crippen LogP contribution in [0.1, 0.15) is 37.8 Å². The molecule has 34 heavy (non-hydrogen) atoms. The Morgan fingerprint density at radius 2 is 1.59 bits per heavy atom. The maximum absolute atomic E-state index is 12.7. The van der Waals surface area contributed by atoms with Crippen molar-refractivity contribution in [3.8, 4) is 0 Å². The lowest BCUT2D eigenvalue weighted by molar-refractivity contribution is -0.120. The number of unbranched alkanes of at least 4 members (excludes halogenated alkanes) is 1. The van der Waals surface area contributed by atoms with Crippen LogP contribution in [0.2, 0.25) is 0 Å². The lowest BCUT2D eigenvalue weighted by Gasteiger charge is -2.14. The van der Waals surface area contributed by atoms with E-state index in [1.807, 2.05) is 38.1 Å². The van der Waals surface area contributed by atoms with E-state index in [9.17, 15) is 4.79 Å². The summed E-state index contributed by atoms with van der Waals surface area (Å²) in [5, 5.41) is 8.20. The van der Waals surface area contributed by atoms with Crippen LogP contribution in [-0.4, -0.2) is 17.7 Å². The van der Waals surface area contributed by atoms with Gasteiger partial charge in [-0.05, 0) is 71.9 Å². The monoisotopic (exact) mass is 465 g/mol. The number of carbonyl (C=O) groups excluding carboxylic acids is 1. The minimum Gasteiger partial charge on any atom is -0.355 e. The zero-order valence-electron chi connectivity index (χ0n) is 19.9. The maximum Gasteiger partial charge on any atom is 0.233 e. The molecule has 0 aliphatic rings. The fourth-order valence-electron chi connectivity index (χ4n) is 4.27. The zero-order valence-corrected chi connectivity index (χ0v) is 20.7. The van der Waals surface area contributed by atoms with Gasteiger partial charge in [0.1, 0.15) is 0 Å². The molecule has 0 saturated carbocycles. The van der Waals surface area contributed by atoms with E-state index in [4.69, 9.17) is 0 Å². The summed E-state index contributed by atoms with van der Waals surface area (Å²) in [5.41, 5.74) is 5.75. The van der Waals surface area contributed by atoms with Crippen LogP contribution in [0.15, 0.2) is 96.7 Å². The molecule has 0 aromatic heterocycles. The fraction of sp³-hybridized carbons (Fsp3) is 0.226. The van der Waals surface area contributed by atoms with Crippen molar-refractivity contribution in [3.05, 3.63) is 108 Å². The minimum atomic E-state index is -0.174. The summed E-state index contributed by atoms with van der Waals surface area (Å²) >= 11 is 1.56. The molecule has 0 spiro atoms. The van der Waals surface area contributed by atoms with Crippen molar-refractivity contribution in [1.82, 2.24) is 5.32 Å². The largest absolute Gasteiger partial charge is 0.355 e. The first-order valence-corrected chi connectivity index (χ1v) is 12.9. The Balaban J connectivity index is 1.31. The van der Waals surface area contributed by atoms with Crippen molar-refractivity contribution in [2.45, 2.75) is 38.4 Å². The van der Waals surface area contributed by atoms with E-state index < -0.39 is 0 Å². The number of nitrogens with one attached hydrogen (secondary N) is 1. The molecule has 1 unspecified atom stereocenters. The number of fused-ring (bicyclic) bond motifs is 3. The van der Waals surface area contributed by atoms with Gasteiger partial charge in [-0.25, -0.2) is 0 Å². The molecular weight excluding hydrogens is 434 g/mol. The first kappa shape index (κ1) is 23.9. The summed E-state index contributed by atoms with van der Waals surface area (Å²) in [6, 6.07) is 29.7. The minimum absolute atomic E-state index is 0.0764. The molecule has 4 aromatic rings. The molecule has 2 nitrogen and oxygen atoms in total. The Labute approximate surface area is 206 Å². The normalized spacial score (nSPS) is 11.7. The molecule has 3 heteroatoms. The molecule has 0 aliphatic carbocycles. The molecule has 0 fully saturated rings. The molecule has 0 radical (unpaired) electrons. The fourth-order valence-corrected chi connectivity index (χ4v) is 5.27. The van der Waals surface area contributed by atoms with Crippen LogP contribution in [0.25, 0.3) is 26.5 Å². The molecule has 0 heterocycles. The van der Waals surface area contributed by atoms with Crippen molar-refractivity contribution in [2.24, 2.45) is 0 Å². The van der Waals surface area contributed by atoms with Gasteiger partial charge in [0.2, 0.25) is 5.91 Å². The molecule has 0 bridgehead atoms. The molecule has 1 amide bonds. The number of hydrogen-bond acceptors (Lipinski definition) is 2. The van der Waals surface area contributed by atoms with Gasteiger partial charge in [0, 0.05) is 6.54 Å². The SMILES string of the molecule is CC=C=C(SC(C)C(=O)NCCCCc1cc2ccccc2c2ccccc12)c1ccccc1. The van der Waals surface area contributed by atoms with Gasteiger partial charge in [-0.3, -0.25) is 4.79 Å². The second-order valence-corrected chi connectivity index (χ2v) is 9.79. The van der Waals surface area contributed by atoms with Crippen LogP contribution in [0.4, 0.5) is 0 Å². The van der Waals surface area contributed by atoms with Crippen LogP contribution in [0.5, 0.6) is 0 Å². The molecule has 0 aliphatic heterocycles. The first-order valence-electron chi connectivity index (χ1n) is 12.0. The van der Waals surface area contributed by atoms with E-state index in [1.165, 1.54) is 27.1 Å². The quantitative estimate of drug-likeness (QED) is 0.155. The summed E-state index contributed by atoms with van der Waals surface area (Å²) in [7, 11) is 0. The van der Waals surface area contributed by atoms with E-state index in [1.54, 1.807) is 11.8 Å². The summed E-state index contributed by atoms with van der Waals surface area (Å²) in [4.78, 5) is 13.7. The summed E-state index contributed by atoms with van der Waals surface area (Å²) in [5.74, 6) is 0.0764. The van der Waals surface area contributed by atoms with Gasteiger partial charge in [-0.15, -0.1) is 17.5 Å². The second kappa shape index (κ2) is 11.7. The number of aryl methyl sites for hydroxylation is 1. The topological polar surface area (TPSA) is 29.1 Å². The van der Waals surface area contributed by atoms with E-state index in [0.29, 0.717) is 6.54 Å². The number of hydrogen-bond donors (Lipinski definition) is 1. The van der Waals surface area contributed by atoms with Gasteiger partial charge in [0.25, 0.3) is 0 Å². The van der Waals surface area contributed by atoms with Crippen LogP contribution in [-0.2, 0) is 11.2 Å². The maximum atomic E-state index is 12.7. The zero-order chi connectivity index (χ0) is 23.8. The van der Waals surface area contributed by atoms with Crippen LogP contribution < -0.4 is 5.32 Å². The van der Waals surface area contributed by atoms with Crippen molar-refractivity contribution >= 4 is 44.1 Å². The molecule has 4 aromatic carbocycles. The van der Waals surface area contributed by atoms with Gasteiger partial charge in [0.15, 0.2) is 0 Å². The highest BCUT2D eigenvalue weighted by atomic mass is 32.2. The Kier molecular flexibility index (Phi) is 8.25. The number of benzene rings is 4. The number of allylic oxidation sites excluding steroid dienone is 1. The summed E-state index contributed by atoms with van der Waals surface area (Å²) in [6.07, 6.45) is 4.91. The third-order valence-corrected chi connectivity index (χ3v) is 7.16. The van der Waals surface area contributed by atoms with Gasteiger partial charge >= 0.3 is 0 Å². The average Bonchev–Trinajstić information content (AvgIpc) is 2.88. The highest BCUT2D eigenvalue weighted by Crippen LogP contribution is 2.31. The molecular formula is C31H31NOS. The van der Waals surface area contributed by atoms with Gasteiger partial charge in [0.05, 0.1) is 10.2 Å². The third-order valence-electron chi connectivity index (χ3n) is 6.00. The van der Waals surface area contributed by atoms with E-state index in [-0.39, 0.29) is 11.2 Å². The summed E-state index contributed by atoms with van der Waals surface area (Å²) in [6.45, 7) is 4.61. The molecule has 4 rings (SSSR count). The van der Waals surface area contributed by atoms with E-state index in [0.717, 1.165) is 29.7 Å². The van der Waals surface area contributed by atoms with Crippen LogP contribution >= 0.6 is 11.8 Å². The standard InChI is InChI=1S/C31H31NOS/c1-3-13-30(24-14-5-4-6-15-24)34-23(2)31(33)32-21-12-11-17-26-22-25-16-7-8-18-27(25)29-20-10-9-19-28(26)29/h3-10,14-16,18-20,22-23H,11-12,17,21H2,1-2H3,(H,32,33). The Bertz CT molecular complexity index is 1340. The van der Waals surface area contributed by atoms with Crippen molar-refractivity contribution in [3.63, 3.8) is 0 Å². The molecule has 1 atom stereocenters. The average molecular weight is 466 g/mol. The highest BCUT2D eigenvalue weighted by molar-refractivity contribution is 8.09. The Morgan fingerprint density at radius 1 is 0.912 bits per heavy atom. The number of amides is 1. The molecule has 1 N–H and O–H groups in total. The Morgan fingerprint density at radius 3 is 2.35 bits per heavy atom.